The van der Waals surface area contributed by atoms with E-state index in [-0.39, 0.29) is 23.1 Å². The Morgan fingerprint density at radius 2 is 2.14 bits per heavy atom. The van der Waals surface area contributed by atoms with Gasteiger partial charge in [-0.15, -0.1) is 0 Å². The van der Waals surface area contributed by atoms with Crippen molar-refractivity contribution in [3.8, 4) is 5.75 Å². The number of carbonyl (C=O) groups excluding carboxylic acids is 1. The molecule has 8 nitrogen and oxygen atoms in total. The topological polar surface area (TPSA) is 102 Å². The smallest absolute Gasteiger partial charge is 0.270 e. The van der Waals surface area contributed by atoms with E-state index in [1.54, 1.807) is 36.7 Å². The van der Waals surface area contributed by atoms with E-state index >= 15 is 0 Å². The van der Waals surface area contributed by atoms with E-state index in [4.69, 9.17) is 4.74 Å². The summed E-state index contributed by atoms with van der Waals surface area (Å²) in [6.07, 6.45) is 6.21. The minimum Gasteiger partial charge on any atom is -0.482 e. The number of para-hydroxylation sites is 1. The summed E-state index contributed by atoms with van der Waals surface area (Å²) in [7, 11) is -3.98. The molecule has 2 aromatic heterocycles. The van der Waals surface area contributed by atoms with Gasteiger partial charge in [0, 0.05) is 18.4 Å². The zero-order valence-electron chi connectivity index (χ0n) is 15.6. The average Bonchev–Trinajstić information content (AvgIpc) is 3.36. The molecular formula is C20H20N4O4S. The number of rotatable bonds is 4. The molecule has 0 saturated carbocycles. The molecule has 1 unspecified atom stereocenters. The van der Waals surface area contributed by atoms with Crippen molar-refractivity contribution in [2.75, 3.05) is 18.5 Å². The van der Waals surface area contributed by atoms with Crippen LogP contribution in [-0.2, 0) is 21.2 Å². The Labute approximate surface area is 167 Å². The van der Waals surface area contributed by atoms with E-state index in [0.29, 0.717) is 29.2 Å². The van der Waals surface area contributed by atoms with Crippen molar-refractivity contribution in [3.05, 3.63) is 48.3 Å². The van der Waals surface area contributed by atoms with Gasteiger partial charge in [-0.25, -0.2) is 12.4 Å². The molecule has 0 bridgehead atoms. The van der Waals surface area contributed by atoms with Gasteiger partial charge in [-0.3, -0.25) is 9.78 Å². The van der Waals surface area contributed by atoms with Gasteiger partial charge in [-0.1, -0.05) is 6.07 Å². The molecule has 9 heteroatoms. The van der Waals surface area contributed by atoms with E-state index < -0.39 is 10.0 Å². The summed E-state index contributed by atoms with van der Waals surface area (Å²) in [5.74, 6) is -0.0391. The Balaban J connectivity index is 1.65. The number of carbonyl (C=O) groups is 1. The second kappa shape index (κ2) is 6.85. The highest BCUT2D eigenvalue weighted by molar-refractivity contribution is 7.90. The van der Waals surface area contributed by atoms with Crippen LogP contribution < -0.4 is 15.4 Å². The van der Waals surface area contributed by atoms with Gasteiger partial charge in [0.25, 0.3) is 15.9 Å². The van der Waals surface area contributed by atoms with Gasteiger partial charge in [0.05, 0.1) is 11.0 Å². The van der Waals surface area contributed by atoms with Gasteiger partial charge in [0.2, 0.25) is 0 Å². The van der Waals surface area contributed by atoms with Crippen LogP contribution in [0.2, 0.25) is 0 Å². The Morgan fingerprint density at radius 1 is 1.24 bits per heavy atom. The van der Waals surface area contributed by atoms with Crippen molar-refractivity contribution in [1.29, 1.82) is 0 Å². The molecule has 0 aliphatic carbocycles. The highest BCUT2D eigenvalue weighted by Gasteiger charge is 2.29. The van der Waals surface area contributed by atoms with Gasteiger partial charge in [-0.05, 0) is 55.6 Å². The molecular weight excluding hydrogens is 392 g/mol. The summed E-state index contributed by atoms with van der Waals surface area (Å²) in [6.45, 7) is 0.844. The molecule has 1 fully saturated rings. The Bertz CT molecular complexity index is 1210. The molecule has 1 saturated heterocycles. The standard InChI is InChI=1S/C20H20N4O4S/c25-18-12-28-16-6-1-7-17(20(16)23-18)29(26,27)24-11-13(10-14-4-2-8-21-14)19-15(24)5-3-9-22-19/h1,3,5-7,9,11,14,21H,2,4,8,10,12H2,(H,23,25). The Morgan fingerprint density at radius 3 is 2.97 bits per heavy atom. The third kappa shape index (κ3) is 3.06. The van der Waals surface area contributed by atoms with E-state index in [9.17, 15) is 13.2 Å². The number of pyridine rings is 1. The van der Waals surface area contributed by atoms with Crippen LogP contribution >= 0.6 is 0 Å². The van der Waals surface area contributed by atoms with Crippen LogP contribution in [0.3, 0.4) is 0 Å². The number of benzene rings is 1. The van der Waals surface area contributed by atoms with Crippen LogP contribution in [0.5, 0.6) is 5.75 Å². The fourth-order valence-electron chi connectivity index (χ4n) is 4.03. The molecule has 0 radical (unpaired) electrons. The van der Waals surface area contributed by atoms with E-state index in [1.165, 1.54) is 10.0 Å². The van der Waals surface area contributed by atoms with Crippen LogP contribution in [0, 0.1) is 0 Å². The van der Waals surface area contributed by atoms with Crippen LogP contribution in [0.15, 0.2) is 47.6 Å². The van der Waals surface area contributed by atoms with Crippen LogP contribution in [0.4, 0.5) is 5.69 Å². The molecule has 1 amide bonds. The van der Waals surface area contributed by atoms with Gasteiger partial charge in [0.1, 0.15) is 16.3 Å². The average molecular weight is 412 g/mol. The second-order valence-electron chi connectivity index (χ2n) is 7.29. The number of amides is 1. The number of hydrogen-bond donors (Lipinski definition) is 2. The molecule has 1 atom stereocenters. The summed E-state index contributed by atoms with van der Waals surface area (Å²) >= 11 is 0. The first-order valence-electron chi connectivity index (χ1n) is 9.53. The van der Waals surface area contributed by atoms with Crippen molar-refractivity contribution in [2.45, 2.75) is 30.2 Å². The van der Waals surface area contributed by atoms with E-state index in [0.717, 1.165) is 24.9 Å². The fraction of sp³-hybridized carbons (Fsp3) is 0.300. The minimum absolute atomic E-state index is 0.00524. The largest absolute Gasteiger partial charge is 0.482 e. The first-order valence-corrected chi connectivity index (χ1v) is 11.0. The van der Waals surface area contributed by atoms with Gasteiger partial charge >= 0.3 is 0 Å². The van der Waals surface area contributed by atoms with Gasteiger partial charge in [-0.2, -0.15) is 0 Å². The maximum absolute atomic E-state index is 13.6. The van der Waals surface area contributed by atoms with Crippen molar-refractivity contribution in [3.63, 3.8) is 0 Å². The molecule has 5 rings (SSSR count). The maximum atomic E-state index is 13.6. The molecule has 2 aliphatic rings. The summed E-state index contributed by atoms with van der Waals surface area (Å²) in [6, 6.07) is 8.50. The van der Waals surface area contributed by atoms with Crippen LogP contribution in [0.25, 0.3) is 11.0 Å². The number of ether oxygens (including phenoxy) is 1. The molecule has 29 heavy (non-hydrogen) atoms. The Kier molecular flexibility index (Phi) is 4.29. The zero-order chi connectivity index (χ0) is 20.0. The van der Waals surface area contributed by atoms with Gasteiger partial charge in [0.15, 0.2) is 6.61 Å². The molecule has 150 valence electrons. The molecule has 0 spiro atoms. The lowest BCUT2D eigenvalue weighted by atomic mass is 10.1. The number of fused-ring (bicyclic) bond motifs is 2. The second-order valence-corrected chi connectivity index (χ2v) is 9.07. The number of nitrogens with one attached hydrogen (secondary N) is 2. The SMILES string of the molecule is O=C1COc2cccc(S(=O)(=O)n3cc(CC4CCCN4)c4ncccc43)c2N1. The van der Waals surface area contributed by atoms with Crippen LogP contribution in [0.1, 0.15) is 18.4 Å². The van der Waals surface area contributed by atoms with Crippen molar-refractivity contribution in [2.24, 2.45) is 0 Å². The quantitative estimate of drug-likeness (QED) is 0.679. The fourth-order valence-corrected chi connectivity index (χ4v) is 5.58. The predicted molar refractivity (Wildman–Crippen MR) is 108 cm³/mol. The third-order valence-electron chi connectivity index (χ3n) is 5.38. The predicted octanol–water partition coefficient (Wildman–Crippen LogP) is 1.90. The lowest BCUT2D eigenvalue weighted by Gasteiger charge is -2.20. The first kappa shape index (κ1) is 18.1. The lowest BCUT2D eigenvalue weighted by molar-refractivity contribution is -0.118. The molecule has 2 N–H and O–H groups in total. The number of nitrogens with zero attached hydrogens (tertiary/aromatic N) is 2. The molecule has 4 heterocycles. The summed E-state index contributed by atoms with van der Waals surface area (Å²) in [5, 5.41) is 6.08. The Hall–Kier alpha value is -2.91. The third-order valence-corrected chi connectivity index (χ3v) is 7.09. The minimum atomic E-state index is -3.98. The van der Waals surface area contributed by atoms with E-state index in [2.05, 4.69) is 15.6 Å². The van der Waals surface area contributed by atoms with Crippen molar-refractivity contribution >= 4 is 32.7 Å². The summed E-state index contributed by atoms with van der Waals surface area (Å²) in [4.78, 5) is 16.2. The number of anilines is 1. The number of aromatic nitrogens is 2. The van der Waals surface area contributed by atoms with Crippen LogP contribution in [-0.4, -0.2) is 42.5 Å². The van der Waals surface area contributed by atoms with E-state index in [1.807, 2.05) is 0 Å². The zero-order valence-corrected chi connectivity index (χ0v) is 16.4. The maximum Gasteiger partial charge on any atom is 0.270 e. The summed E-state index contributed by atoms with van der Waals surface area (Å²) in [5.41, 5.74) is 2.25. The normalized spacial score (nSPS) is 19.0. The van der Waals surface area contributed by atoms with Crippen molar-refractivity contribution < 1.29 is 17.9 Å². The highest BCUT2D eigenvalue weighted by atomic mass is 32.2. The molecule has 3 aromatic rings. The monoisotopic (exact) mass is 412 g/mol. The molecule has 1 aromatic carbocycles. The lowest BCUT2D eigenvalue weighted by Crippen LogP contribution is -2.27. The highest BCUT2D eigenvalue weighted by Crippen LogP contribution is 2.36. The summed E-state index contributed by atoms with van der Waals surface area (Å²) < 4.78 is 33.8. The first-order chi connectivity index (χ1) is 14.0. The molecule has 2 aliphatic heterocycles. The number of hydrogen-bond acceptors (Lipinski definition) is 6. The van der Waals surface area contributed by atoms with Gasteiger partial charge < -0.3 is 15.4 Å². The van der Waals surface area contributed by atoms with Crippen molar-refractivity contribution in [1.82, 2.24) is 14.3 Å².